The van der Waals surface area contributed by atoms with Crippen molar-refractivity contribution in [3.63, 3.8) is 0 Å². The van der Waals surface area contributed by atoms with Crippen LogP contribution in [0, 0.1) is 0 Å². The van der Waals surface area contributed by atoms with Crippen molar-refractivity contribution < 1.29 is 28.6 Å². The van der Waals surface area contributed by atoms with Crippen LogP contribution in [0.15, 0.2) is 60.8 Å². The predicted octanol–water partition coefficient (Wildman–Crippen LogP) is 18.4. The fraction of sp³-hybridized carbons (Fsp3) is 0.780. The Bertz CT molecular complexity index is 1180. The maximum atomic E-state index is 12.8. The van der Waals surface area contributed by atoms with Crippen molar-refractivity contribution in [2.24, 2.45) is 0 Å². The van der Waals surface area contributed by atoms with E-state index in [1.165, 1.54) is 135 Å². The van der Waals surface area contributed by atoms with Crippen LogP contribution in [0.2, 0.25) is 0 Å². The maximum Gasteiger partial charge on any atom is 0.306 e. The third-order valence-corrected chi connectivity index (χ3v) is 12.0. The number of allylic oxidation sites excluding steroid dienone is 10. The van der Waals surface area contributed by atoms with Crippen molar-refractivity contribution in [2.45, 2.75) is 284 Å². The summed E-state index contributed by atoms with van der Waals surface area (Å²) in [5, 5.41) is 0. The highest BCUT2D eigenvalue weighted by Gasteiger charge is 2.19. The molecule has 0 amide bonds. The smallest absolute Gasteiger partial charge is 0.306 e. The highest BCUT2D eigenvalue weighted by atomic mass is 16.6. The molecule has 0 aromatic carbocycles. The number of carbonyl (C=O) groups excluding carboxylic acids is 3. The van der Waals surface area contributed by atoms with E-state index in [1.54, 1.807) is 0 Å². The molecule has 6 heteroatoms. The molecule has 0 bridgehead atoms. The molecule has 1 atom stereocenters. The van der Waals surface area contributed by atoms with Gasteiger partial charge in [0.2, 0.25) is 0 Å². The molecule has 0 saturated heterocycles. The van der Waals surface area contributed by atoms with Gasteiger partial charge in [0.15, 0.2) is 6.10 Å². The van der Waals surface area contributed by atoms with Crippen molar-refractivity contribution >= 4 is 17.9 Å². The van der Waals surface area contributed by atoms with Crippen LogP contribution in [-0.2, 0) is 28.6 Å². The average molecular weight is 909 g/mol. The van der Waals surface area contributed by atoms with E-state index in [4.69, 9.17) is 14.2 Å². The van der Waals surface area contributed by atoms with Gasteiger partial charge in [0.1, 0.15) is 13.2 Å². The van der Waals surface area contributed by atoms with Crippen molar-refractivity contribution in [1.82, 2.24) is 0 Å². The summed E-state index contributed by atoms with van der Waals surface area (Å²) < 4.78 is 16.8. The second-order valence-corrected chi connectivity index (χ2v) is 18.5. The molecule has 0 saturated carbocycles. The third-order valence-electron chi connectivity index (χ3n) is 12.0. The summed E-state index contributed by atoms with van der Waals surface area (Å²) in [6.07, 6.45) is 66.3. The normalized spacial score (nSPS) is 12.5. The standard InChI is InChI=1S/C59H104O6/c1-4-7-10-13-16-19-22-25-27-28-29-30-32-34-37-40-43-46-49-52-58(61)64-55-56(54-63-57(60)51-48-45-42-39-36-33-24-21-18-15-12-9-6-3)65-59(62)53-50-47-44-41-38-35-31-26-23-20-17-14-11-8-5-2/h8,11,17,20-21,24-27,31,56H,4-7,9-10,12-16,18-19,22-23,28-30,32-55H2,1-3H3/b11-8-,20-17-,24-21-,27-25-,31-26-/t56-/m1/s1. The second-order valence-electron chi connectivity index (χ2n) is 18.5. The monoisotopic (exact) mass is 909 g/mol. The summed E-state index contributed by atoms with van der Waals surface area (Å²) >= 11 is 0. The maximum absolute atomic E-state index is 12.8. The topological polar surface area (TPSA) is 78.9 Å². The zero-order valence-electron chi connectivity index (χ0n) is 43.0. The Hall–Kier alpha value is -2.89. The fourth-order valence-corrected chi connectivity index (χ4v) is 7.80. The largest absolute Gasteiger partial charge is 0.462 e. The highest BCUT2D eigenvalue weighted by molar-refractivity contribution is 5.71. The summed E-state index contributed by atoms with van der Waals surface area (Å²) in [5.41, 5.74) is 0. The van der Waals surface area contributed by atoms with E-state index in [0.29, 0.717) is 19.3 Å². The van der Waals surface area contributed by atoms with Gasteiger partial charge in [0.25, 0.3) is 0 Å². The average Bonchev–Trinajstić information content (AvgIpc) is 3.30. The van der Waals surface area contributed by atoms with Crippen LogP contribution in [0.5, 0.6) is 0 Å². The lowest BCUT2D eigenvalue weighted by Crippen LogP contribution is -2.30. The molecule has 0 aliphatic heterocycles. The Labute approximate surface area is 402 Å². The van der Waals surface area contributed by atoms with Gasteiger partial charge >= 0.3 is 17.9 Å². The molecule has 0 heterocycles. The molecule has 0 spiro atoms. The van der Waals surface area contributed by atoms with Crippen LogP contribution in [0.1, 0.15) is 278 Å². The minimum Gasteiger partial charge on any atom is -0.462 e. The molecule has 6 nitrogen and oxygen atoms in total. The first kappa shape index (κ1) is 62.1. The van der Waals surface area contributed by atoms with Crippen molar-refractivity contribution in [3.8, 4) is 0 Å². The molecular weight excluding hydrogens is 805 g/mol. The molecule has 0 N–H and O–H groups in total. The predicted molar refractivity (Wildman–Crippen MR) is 279 cm³/mol. The van der Waals surface area contributed by atoms with Gasteiger partial charge in [-0.05, 0) is 103 Å². The lowest BCUT2D eigenvalue weighted by Gasteiger charge is -2.18. The number of ether oxygens (including phenoxy) is 3. The Morgan fingerprint density at radius 1 is 0.323 bits per heavy atom. The van der Waals surface area contributed by atoms with Crippen molar-refractivity contribution in [3.05, 3.63) is 60.8 Å². The van der Waals surface area contributed by atoms with E-state index in [-0.39, 0.29) is 31.1 Å². The van der Waals surface area contributed by atoms with Gasteiger partial charge in [-0.25, -0.2) is 0 Å². The zero-order valence-corrected chi connectivity index (χ0v) is 43.0. The van der Waals surface area contributed by atoms with Gasteiger partial charge in [-0.3, -0.25) is 14.4 Å². The SMILES string of the molecule is CC/C=C\C/C=C\C/C=C\CCCCCCCC(=O)O[C@H](COC(=O)CCCCCCC/C=C\CCCCCC)COC(=O)CCCCCCCCCCC/C=C\CCCCCCCC. The zero-order chi connectivity index (χ0) is 47.2. The third kappa shape index (κ3) is 51.9. The Kier molecular flexibility index (Phi) is 51.3. The van der Waals surface area contributed by atoms with Crippen LogP contribution in [0.4, 0.5) is 0 Å². The quantitative estimate of drug-likeness (QED) is 0.0262. The Balaban J connectivity index is 4.37. The van der Waals surface area contributed by atoms with E-state index >= 15 is 0 Å². The molecule has 0 aliphatic carbocycles. The number of hydrogen-bond donors (Lipinski definition) is 0. The summed E-state index contributed by atoms with van der Waals surface area (Å²) in [5.74, 6) is -0.905. The molecular formula is C59H104O6. The number of unbranched alkanes of at least 4 members (excludes halogenated alkanes) is 29. The number of rotatable bonds is 50. The minimum atomic E-state index is -0.786. The first-order valence-electron chi connectivity index (χ1n) is 27.8. The number of hydrogen-bond acceptors (Lipinski definition) is 6. The van der Waals surface area contributed by atoms with E-state index in [2.05, 4.69) is 81.5 Å². The molecule has 0 fully saturated rings. The first-order valence-corrected chi connectivity index (χ1v) is 27.8. The molecule has 376 valence electrons. The van der Waals surface area contributed by atoms with Crippen LogP contribution in [0.25, 0.3) is 0 Å². The highest BCUT2D eigenvalue weighted by Crippen LogP contribution is 2.15. The molecule has 0 rings (SSSR count). The lowest BCUT2D eigenvalue weighted by atomic mass is 10.1. The van der Waals surface area contributed by atoms with Crippen molar-refractivity contribution in [1.29, 1.82) is 0 Å². The fourth-order valence-electron chi connectivity index (χ4n) is 7.80. The van der Waals surface area contributed by atoms with Crippen LogP contribution >= 0.6 is 0 Å². The summed E-state index contributed by atoms with van der Waals surface area (Å²) in [4.78, 5) is 38.1. The molecule has 65 heavy (non-hydrogen) atoms. The van der Waals surface area contributed by atoms with Crippen LogP contribution < -0.4 is 0 Å². The summed E-state index contributed by atoms with van der Waals surface area (Å²) in [6.45, 7) is 6.50. The summed E-state index contributed by atoms with van der Waals surface area (Å²) in [6, 6.07) is 0. The number of esters is 3. The Morgan fingerprint density at radius 2 is 0.600 bits per heavy atom. The lowest BCUT2D eigenvalue weighted by molar-refractivity contribution is -0.167. The molecule has 0 aliphatic rings. The van der Waals surface area contributed by atoms with E-state index < -0.39 is 6.10 Å². The molecule has 0 radical (unpaired) electrons. The molecule has 0 aromatic heterocycles. The molecule has 0 aromatic rings. The number of carbonyl (C=O) groups is 3. The first-order chi connectivity index (χ1) is 32.0. The van der Waals surface area contributed by atoms with Crippen LogP contribution in [0.3, 0.4) is 0 Å². The van der Waals surface area contributed by atoms with Gasteiger partial charge in [-0.2, -0.15) is 0 Å². The van der Waals surface area contributed by atoms with Gasteiger partial charge in [-0.1, -0.05) is 216 Å². The van der Waals surface area contributed by atoms with Gasteiger partial charge in [-0.15, -0.1) is 0 Å². The van der Waals surface area contributed by atoms with Gasteiger partial charge in [0, 0.05) is 19.3 Å². The van der Waals surface area contributed by atoms with Gasteiger partial charge < -0.3 is 14.2 Å². The van der Waals surface area contributed by atoms with Gasteiger partial charge in [0.05, 0.1) is 0 Å². The van der Waals surface area contributed by atoms with E-state index in [1.807, 2.05) is 0 Å². The van der Waals surface area contributed by atoms with E-state index in [9.17, 15) is 14.4 Å². The second kappa shape index (κ2) is 53.7. The van der Waals surface area contributed by atoms with Crippen molar-refractivity contribution in [2.75, 3.05) is 13.2 Å². The minimum absolute atomic E-state index is 0.0842. The summed E-state index contributed by atoms with van der Waals surface area (Å²) in [7, 11) is 0. The van der Waals surface area contributed by atoms with Crippen LogP contribution in [-0.4, -0.2) is 37.2 Å². The molecule has 0 unspecified atom stereocenters. The Morgan fingerprint density at radius 3 is 0.969 bits per heavy atom. The van der Waals surface area contributed by atoms with E-state index in [0.717, 1.165) is 103 Å².